The number of likely N-dealkylation sites (tertiary alicyclic amines) is 1. The molecule has 122 valence electrons. The molecule has 0 radical (unpaired) electrons. The highest BCUT2D eigenvalue weighted by atomic mass is 35.5. The van der Waals surface area contributed by atoms with Gasteiger partial charge in [0.25, 0.3) is 0 Å². The molecule has 4 nitrogen and oxygen atoms in total. The Kier molecular flexibility index (Phi) is 4.21. The van der Waals surface area contributed by atoms with Gasteiger partial charge in [-0.3, -0.25) is 4.90 Å². The molecule has 1 aliphatic heterocycles. The van der Waals surface area contributed by atoms with Crippen LogP contribution in [-0.2, 0) is 6.54 Å². The van der Waals surface area contributed by atoms with Gasteiger partial charge in [-0.25, -0.2) is 4.79 Å². The van der Waals surface area contributed by atoms with Gasteiger partial charge in [0.05, 0.1) is 6.26 Å². The third-order valence-electron chi connectivity index (χ3n) is 4.93. The van der Waals surface area contributed by atoms with E-state index >= 15 is 0 Å². The van der Waals surface area contributed by atoms with Crippen molar-refractivity contribution in [2.45, 2.75) is 38.3 Å². The van der Waals surface area contributed by atoms with Gasteiger partial charge in [0.15, 0.2) is 0 Å². The number of rotatable bonds is 4. The molecule has 2 heterocycles. The summed E-state index contributed by atoms with van der Waals surface area (Å²) in [4.78, 5) is 13.5. The molecule has 0 bridgehead atoms. The standard InChI is InChI=1S/C18H20ClNO3/c1-18(2)15(12-3-5-14(19)6-4-12)7-9-20(18)11-13-8-10-23-16(13)17(21)22/h3-6,8,10,15H,7,9,11H2,1-2H3,(H,21,22). The van der Waals surface area contributed by atoms with Gasteiger partial charge in [-0.2, -0.15) is 0 Å². The smallest absolute Gasteiger partial charge is 0.372 e. The number of furan rings is 1. The van der Waals surface area contributed by atoms with Crippen LogP contribution in [0.2, 0.25) is 5.02 Å². The molecule has 3 rings (SSSR count). The molecule has 5 heteroatoms. The molecule has 23 heavy (non-hydrogen) atoms. The van der Waals surface area contributed by atoms with Gasteiger partial charge in [-0.15, -0.1) is 0 Å². The van der Waals surface area contributed by atoms with Crippen molar-refractivity contribution < 1.29 is 14.3 Å². The first kappa shape index (κ1) is 16.1. The second-order valence-electron chi connectivity index (χ2n) is 6.55. The molecule has 2 aromatic rings. The molecule has 0 amide bonds. The number of nitrogens with zero attached hydrogens (tertiary/aromatic N) is 1. The van der Waals surface area contributed by atoms with Crippen LogP contribution in [0, 0.1) is 0 Å². The van der Waals surface area contributed by atoms with E-state index in [0.717, 1.165) is 23.6 Å². The van der Waals surface area contributed by atoms with Crippen molar-refractivity contribution in [3.05, 3.63) is 58.5 Å². The van der Waals surface area contributed by atoms with Crippen LogP contribution in [0.5, 0.6) is 0 Å². The third kappa shape index (κ3) is 3.01. The summed E-state index contributed by atoms with van der Waals surface area (Å²) in [7, 11) is 0. The van der Waals surface area contributed by atoms with Crippen LogP contribution in [0.4, 0.5) is 0 Å². The Morgan fingerprint density at radius 2 is 2.04 bits per heavy atom. The summed E-state index contributed by atoms with van der Waals surface area (Å²) in [5, 5.41) is 9.93. The normalized spacial score (nSPS) is 20.7. The first-order valence-corrected chi connectivity index (χ1v) is 8.07. The van der Waals surface area contributed by atoms with Gasteiger partial charge in [0.2, 0.25) is 5.76 Å². The third-order valence-corrected chi connectivity index (χ3v) is 5.18. The fourth-order valence-electron chi connectivity index (χ4n) is 3.55. The van der Waals surface area contributed by atoms with Crippen LogP contribution in [0.3, 0.4) is 0 Å². The van der Waals surface area contributed by atoms with E-state index in [4.69, 9.17) is 16.0 Å². The minimum Gasteiger partial charge on any atom is -0.475 e. The van der Waals surface area contributed by atoms with Crippen LogP contribution < -0.4 is 0 Å². The van der Waals surface area contributed by atoms with Crippen molar-refractivity contribution in [2.24, 2.45) is 0 Å². The lowest BCUT2D eigenvalue weighted by Gasteiger charge is -2.36. The number of benzene rings is 1. The number of hydrogen-bond donors (Lipinski definition) is 1. The summed E-state index contributed by atoms with van der Waals surface area (Å²) >= 11 is 5.98. The number of carboxylic acid groups (broad SMARTS) is 1. The monoisotopic (exact) mass is 333 g/mol. The zero-order valence-corrected chi connectivity index (χ0v) is 14.0. The molecule has 1 aromatic heterocycles. The average Bonchev–Trinajstić information content (AvgIpc) is 3.06. The predicted octanol–water partition coefficient (Wildman–Crippen LogP) is 4.40. The van der Waals surface area contributed by atoms with E-state index in [9.17, 15) is 9.90 Å². The Morgan fingerprint density at radius 1 is 1.35 bits per heavy atom. The maximum Gasteiger partial charge on any atom is 0.372 e. The van der Waals surface area contributed by atoms with Crippen molar-refractivity contribution >= 4 is 17.6 Å². The number of carbonyl (C=O) groups is 1. The average molecular weight is 334 g/mol. The Balaban J connectivity index is 1.81. The highest BCUT2D eigenvalue weighted by Crippen LogP contribution is 2.42. The van der Waals surface area contributed by atoms with Gasteiger partial charge in [0, 0.05) is 28.6 Å². The van der Waals surface area contributed by atoms with Gasteiger partial charge < -0.3 is 9.52 Å². The zero-order valence-electron chi connectivity index (χ0n) is 13.3. The topological polar surface area (TPSA) is 53.7 Å². The van der Waals surface area contributed by atoms with Crippen molar-refractivity contribution in [3.63, 3.8) is 0 Å². The number of halogens is 1. The highest BCUT2D eigenvalue weighted by molar-refractivity contribution is 6.30. The lowest BCUT2D eigenvalue weighted by molar-refractivity contribution is 0.0656. The zero-order chi connectivity index (χ0) is 16.6. The van der Waals surface area contributed by atoms with E-state index in [1.807, 2.05) is 12.1 Å². The Labute approximate surface area is 140 Å². The minimum atomic E-state index is -1.02. The highest BCUT2D eigenvalue weighted by Gasteiger charge is 2.42. The van der Waals surface area contributed by atoms with E-state index in [-0.39, 0.29) is 11.3 Å². The first-order chi connectivity index (χ1) is 10.9. The maximum atomic E-state index is 11.2. The number of carboxylic acids is 1. The van der Waals surface area contributed by atoms with Crippen LogP contribution in [-0.4, -0.2) is 28.1 Å². The number of hydrogen-bond acceptors (Lipinski definition) is 3. The first-order valence-electron chi connectivity index (χ1n) is 7.70. The Morgan fingerprint density at radius 3 is 2.70 bits per heavy atom. The van der Waals surface area contributed by atoms with Crippen molar-refractivity contribution in [2.75, 3.05) is 6.54 Å². The molecule has 0 saturated carbocycles. The fraction of sp³-hybridized carbons (Fsp3) is 0.389. The van der Waals surface area contributed by atoms with Crippen molar-refractivity contribution in [1.29, 1.82) is 0 Å². The molecule has 1 N–H and O–H groups in total. The molecular formula is C18H20ClNO3. The lowest BCUT2D eigenvalue weighted by Crippen LogP contribution is -2.41. The van der Waals surface area contributed by atoms with Gasteiger partial charge in [-0.05, 0) is 50.6 Å². The van der Waals surface area contributed by atoms with Gasteiger partial charge in [0.1, 0.15) is 0 Å². The molecule has 1 saturated heterocycles. The molecule has 1 fully saturated rings. The van der Waals surface area contributed by atoms with E-state index < -0.39 is 5.97 Å². The Bertz CT molecular complexity index is 705. The van der Waals surface area contributed by atoms with Crippen LogP contribution in [0.25, 0.3) is 0 Å². The fourth-order valence-corrected chi connectivity index (χ4v) is 3.68. The van der Waals surface area contributed by atoms with Crippen LogP contribution >= 0.6 is 11.6 Å². The molecule has 1 aromatic carbocycles. The van der Waals surface area contributed by atoms with E-state index in [1.165, 1.54) is 11.8 Å². The summed E-state index contributed by atoms with van der Waals surface area (Å²) in [5.41, 5.74) is 1.93. The van der Waals surface area contributed by atoms with Gasteiger partial charge >= 0.3 is 5.97 Å². The minimum absolute atomic E-state index is 0.0377. The SMILES string of the molecule is CC1(C)C(c2ccc(Cl)cc2)CCN1Cc1ccoc1C(=O)O. The molecule has 1 unspecified atom stereocenters. The summed E-state index contributed by atoms with van der Waals surface area (Å²) < 4.78 is 5.09. The quantitative estimate of drug-likeness (QED) is 0.901. The summed E-state index contributed by atoms with van der Waals surface area (Å²) in [6.45, 7) is 5.92. The Hall–Kier alpha value is -1.78. The maximum absolute atomic E-state index is 11.2. The summed E-state index contributed by atoms with van der Waals surface area (Å²) in [6, 6.07) is 9.76. The molecule has 1 aliphatic rings. The molecule has 1 atom stereocenters. The number of aromatic carboxylic acids is 1. The van der Waals surface area contributed by atoms with E-state index in [1.54, 1.807) is 6.07 Å². The van der Waals surface area contributed by atoms with Gasteiger partial charge in [-0.1, -0.05) is 23.7 Å². The largest absolute Gasteiger partial charge is 0.475 e. The molecule has 0 spiro atoms. The summed E-state index contributed by atoms with van der Waals surface area (Å²) in [5.74, 6) is -0.591. The summed E-state index contributed by atoms with van der Waals surface area (Å²) in [6.07, 6.45) is 2.48. The van der Waals surface area contributed by atoms with Crippen molar-refractivity contribution in [1.82, 2.24) is 4.90 Å². The predicted molar refractivity (Wildman–Crippen MR) is 89.0 cm³/mol. The molecule has 0 aliphatic carbocycles. The second kappa shape index (κ2) is 6.02. The molecular weight excluding hydrogens is 314 g/mol. The van der Waals surface area contributed by atoms with Crippen LogP contribution in [0.15, 0.2) is 41.0 Å². The second-order valence-corrected chi connectivity index (χ2v) is 6.98. The van der Waals surface area contributed by atoms with E-state index in [2.05, 4.69) is 30.9 Å². The lowest BCUT2D eigenvalue weighted by atomic mass is 9.82. The van der Waals surface area contributed by atoms with E-state index in [0.29, 0.717) is 12.5 Å². The van der Waals surface area contributed by atoms with Crippen LogP contribution in [0.1, 0.15) is 47.9 Å². The van der Waals surface area contributed by atoms with Crippen molar-refractivity contribution in [3.8, 4) is 0 Å².